The van der Waals surface area contributed by atoms with Gasteiger partial charge in [0.05, 0.1) is 20.8 Å². The zero-order valence-corrected chi connectivity index (χ0v) is 11.5. The van der Waals surface area contributed by atoms with Crippen molar-refractivity contribution in [2.75, 3.05) is 0 Å². The van der Waals surface area contributed by atoms with Crippen molar-refractivity contribution in [1.82, 2.24) is 4.98 Å². The van der Waals surface area contributed by atoms with Crippen LogP contribution < -0.4 is 0 Å². The number of aliphatic hydroxyl groups excluding tert-OH is 1. The van der Waals surface area contributed by atoms with Crippen LogP contribution in [-0.4, -0.2) is 10.1 Å². The first-order valence-corrected chi connectivity index (χ1v) is 6.43. The first kappa shape index (κ1) is 13.6. The summed E-state index contributed by atoms with van der Waals surface area (Å²) in [4.78, 5) is 4.07. The van der Waals surface area contributed by atoms with E-state index in [1.165, 1.54) is 0 Å². The van der Waals surface area contributed by atoms with Crippen LogP contribution in [0.4, 0.5) is 0 Å². The van der Waals surface area contributed by atoms with E-state index in [0.717, 1.165) is 5.56 Å². The van der Waals surface area contributed by atoms with Gasteiger partial charge in [-0.3, -0.25) is 4.98 Å². The number of benzene rings is 1. The van der Waals surface area contributed by atoms with Crippen molar-refractivity contribution in [2.24, 2.45) is 0 Å². The maximum atomic E-state index is 10.1. The second-order valence-electron chi connectivity index (χ2n) is 3.84. The van der Waals surface area contributed by atoms with Gasteiger partial charge in [0.25, 0.3) is 0 Å². The second kappa shape index (κ2) is 5.89. The molecule has 1 aromatic carbocycles. The molecule has 2 nitrogen and oxygen atoms in total. The van der Waals surface area contributed by atoms with Crippen LogP contribution in [-0.2, 0) is 6.42 Å². The number of aromatic nitrogens is 1. The first-order chi connectivity index (χ1) is 8.58. The molecule has 18 heavy (non-hydrogen) atoms. The van der Waals surface area contributed by atoms with E-state index in [1.807, 2.05) is 6.07 Å². The monoisotopic (exact) mass is 301 g/mol. The van der Waals surface area contributed by atoms with Crippen LogP contribution in [0, 0.1) is 0 Å². The van der Waals surface area contributed by atoms with Crippen molar-refractivity contribution in [3.63, 3.8) is 0 Å². The average Bonchev–Trinajstić information content (AvgIpc) is 2.34. The molecule has 1 unspecified atom stereocenters. The molecule has 94 valence electrons. The summed E-state index contributed by atoms with van der Waals surface area (Å²) in [5.41, 5.74) is 1.34. The molecule has 0 saturated carbocycles. The quantitative estimate of drug-likeness (QED) is 0.916. The Kier molecular flexibility index (Phi) is 4.46. The molecule has 0 aliphatic heterocycles. The predicted octanol–water partition coefficient (Wildman–Crippen LogP) is 4.32. The number of nitrogens with zero attached hydrogens (tertiary/aromatic N) is 1. The fourth-order valence-corrected chi connectivity index (χ4v) is 2.20. The highest BCUT2D eigenvalue weighted by atomic mass is 35.5. The molecule has 2 rings (SSSR count). The molecule has 1 N–H and O–H groups in total. The number of halogens is 3. The van der Waals surface area contributed by atoms with Crippen molar-refractivity contribution in [3.05, 3.63) is 62.9 Å². The van der Waals surface area contributed by atoms with Crippen molar-refractivity contribution in [3.8, 4) is 0 Å². The Labute approximate surface area is 120 Å². The molecule has 0 radical (unpaired) electrons. The van der Waals surface area contributed by atoms with Crippen LogP contribution in [0.15, 0.2) is 36.5 Å². The Hall–Kier alpha value is -0.800. The van der Waals surface area contributed by atoms with Gasteiger partial charge >= 0.3 is 0 Å². The molecule has 2 aromatic rings. The van der Waals surface area contributed by atoms with Crippen molar-refractivity contribution in [2.45, 2.75) is 12.5 Å². The molecule has 0 spiro atoms. The Morgan fingerprint density at radius 3 is 2.50 bits per heavy atom. The number of pyridine rings is 1. The lowest BCUT2D eigenvalue weighted by Gasteiger charge is -2.12. The molecule has 0 saturated heterocycles. The molecule has 0 aliphatic rings. The van der Waals surface area contributed by atoms with Crippen molar-refractivity contribution < 1.29 is 5.11 Å². The van der Waals surface area contributed by atoms with Gasteiger partial charge in [-0.05, 0) is 29.8 Å². The summed E-state index contributed by atoms with van der Waals surface area (Å²) in [5.74, 6) is 0. The summed E-state index contributed by atoms with van der Waals surface area (Å²) in [6.45, 7) is 0. The van der Waals surface area contributed by atoms with E-state index in [2.05, 4.69) is 4.98 Å². The maximum absolute atomic E-state index is 10.1. The normalized spacial score (nSPS) is 12.4. The van der Waals surface area contributed by atoms with Gasteiger partial charge in [0.2, 0.25) is 0 Å². The third-order valence-corrected chi connectivity index (χ3v) is 3.57. The molecule has 5 heteroatoms. The SMILES string of the molecule is OC(Cc1ccc(Cl)c(Cl)c1)c1ncccc1Cl. The number of aliphatic hydroxyl groups is 1. The third-order valence-electron chi connectivity index (χ3n) is 2.52. The lowest BCUT2D eigenvalue weighted by Crippen LogP contribution is -2.04. The van der Waals surface area contributed by atoms with Crippen LogP contribution in [0.1, 0.15) is 17.4 Å². The molecular weight excluding hydrogens is 293 g/mol. The summed E-state index contributed by atoms with van der Waals surface area (Å²) in [6, 6.07) is 8.66. The molecule has 0 amide bonds. The van der Waals surface area contributed by atoms with Crippen LogP contribution in [0.25, 0.3) is 0 Å². The predicted molar refractivity (Wildman–Crippen MR) is 74.4 cm³/mol. The standard InChI is InChI=1S/C13H10Cl3NO/c14-9-4-3-8(6-11(9)16)7-12(18)13-10(15)2-1-5-17-13/h1-6,12,18H,7H2. The zero-order chi connectivity index (χ0) is 13.1. The highest BCUT2D eigenvalue weighted by Gasteiger charge is 2.14. The smallest absolute Gasteiger partial charge is 0.101 e. The number of hydrogen-bond acceptors (Lipinski definition) is 2. The first-order valence-electron chi connectivity index (χ1n) is 5.30. The number of hydrogen-bond donors (Lipinski definition) is 1. The average molecular weight is 303 g/mol. The van der Waals surface area contributed by atoms with Gasteiger partial charge in [-0.2, -0.15) is 0 Å². The topological polar surface area (TPSA) is 33.1 Å². The minimum Gasteiger partial charge on any atom is -0.386 e. The minimum atomic E-state index is -0.768. The highest BCUT2D eigenvalue weighted by Crippen LogP contribution is 2.27. The Morgan fingerprint density at radius 2 is 1.83 bits per heavy atom. The summed E-state index contributed by atoms with van der Waals surface area (Å²) in [5, 5.41) is 11.5. The summed E-state index contributed by atoms with van der Waals surface area (Å²) in [7, 11) is 0. The van der Waals surface area contributed by atoms with E-state index in [4.69, 9.17) is 34.8 Å². The van der Waals surface area contributed by atoms with Crippen LogP contribution in [0.5, 0.6) is 0 Å². The lowest BCUT2D eigenvalue weighted by atomic mass is 10.1. The minimum absolute atomic E-state index is 0.383. The van der Waals surface area contributed by atoms with Gasteiger partial charge in [0.15, 0.2) is 0 Å². The van der Waals surface area contributed by atoms with Crippen molar-refractivity contribution in [1.29, 1.82) is 0 Å². The van der Waals surface area contributed by atoms with Crippen molar-refractivity contribution >= 4 is 34.8 Å². The van der Waals surface area contributed by atoms with Gasteiger partial charge in [-0.25, -0.2) is 0 Å². The van der Waals surface area contributed by atoms with Crippen LogP contribution in [0.2, 0.25) is 15.1 Å². The van der Waals surface area contributed by atoms with E-state index in [0.29, 0.717) is 27.2 Å². The van der Waals surface area contributed by atoms with Gasteiger partial charge < -0.3 is 5.11 Å². The van der Waals surface area contributed by atoms with Gasteiger partial charge in [-0.1, -0.05) is 40.9 Å². The van der Waals surface area contributed by atoms with E-state index >= 15 is 0 Å². The molecule has 0 bridgehead atoms. The summed E-state index contributed by atoms with van der Waals surface area (Å²) < 4.78 is 0. The Balaban J connectivity index is 2.19. The van der Waals surface area contributed by atoms with Gasteiger partial charge in [0, 0.05) is 12.6 Å². The molecule has 0 aliphatic carbocycles. The third kappa shape index (κ3) is 3.15. The molecular formula is C13H10Cl3NO. The summed E-state index contributed by atoms with van der Waals surface area (Å²) >= 11 is 17.7. The van der Waals surface area contributed by atoms with E-state index in [9.17, 15) is 5.11 Å². The molecule has 1 heterocycles. The largest absolute Gasteiger partial charge is 0.386 e. The molecule has 1 aromatic heterocycles. The Bertz CT molecular complexity index is 560. The summed E-state index contributed by atoms with van der Waals surface area (Å²) in [6.07, 6.45) is 1.21. The Morgan fingerprint density at radius 1 is 1.06 bits per heavy atom. The number of rotatable bonds is 3. The molecule has 1 atom stereocenters. The van der Waals surface area contributed by atoms with Gasteiger partial charge in [0.1, 0.15) is 6.10 Å². The maximum Gasteiger partial charge on any atom is 0.101 e. The van der Waals surface area contributed by atoms with E-state index in [1.54, 1.807) is 30.5 Å². The van der Waals surface area contributed by atoms with E-state index in [-0.39, 0.29) is 0 Å². The van der Waals surface area contributed by atoms with Crippen LogP contribution >= 0.6 is 34.8 Å². The van der Waals surface area contributed by atoms with E-state index < -0.39 is 6.10 Å². The van der Waals surface area contributed by atoms with Gasteiger partial charge in [-0.15, -0.1) is 0 Å². The van der Waals surface area contributed by atoms with Crippen LogP contribution in [0.3, 0.4) is 0 Å². The lowest BCUT2D eigenvalue weighted by molar-refractivity contribution is 0.174. The fraction of sp³-hybridized carbons (Fsp3) is 0.154. The zero-order valence-electron chi connectivity index (χ0n) is 9.28. The highest BCUT2D eigenvalue weighted by molar-refractivity contribution is 6.42. The fourth-order valence-electron chi connectivity index (χ4n) is 1.63. The molecule has 0 fully saturated rings. The second-order valence-corrected chi connectivity index (χ2v) is 5.06.